The molecule has 1 aromatic carbocycles. The van der Waals surface area contributed by atoms with E-state index in [9.17, 15) is 8.42 Å². The molecule has 0 aromatic heterocycles. The van der Waals surface area contributed by atoms with Crippen molar-refractivity contribution in [3.05, 3.63) is 27.1 Å². The molecule has 6 heteroatoms. The third-order valence-electron chi connectivity index (χ3n) is 2.50. The lowest BCUT2D eigenvalue weighted by Gasteiger charge is -2.12. The first-order chi connectivity index (χ1) is 7.86. The molecule has 0 aliphatic heterocycles. The summed E-state index contributed by atoms with van der Waals surface area (Å²) in [5, 5.41) is 0. The van der Waals surface area contributed by atoms with Crippen molar-refractivity contribution in [1.29, 1.82) is 0 Å². The number of nitrogens with one attached hydrogen (secondary N) is 1. The van der Waals surface area contributed by atoms with Gasteiger partial charge in [-0.2, -0.15) is 0 Å². The maximum atomic E-state index is 12.1. The van der Waals surface area contributed by atoms with Crippen molar-refractivity contribution in [2.45, 2.75) is 25.2 Å². The standard InChI is InChI=1S/C11H15Br2NO2S/c1-3-8(2)7-14-17(15,16)11-6-9(12)4-5-10(11)13/h4-6,8,14H,3,7H2,1-2H3. The Labute approximate surface area is 119 Å². The highest BCUT2D eigenvalue weighted by molar-refractivity contribution is 9.11. The molecule has 96 valence electrons. The van der Waals surface area contributed by atoms with Gasteiger partial charge in [-0.3, -0.25) is 0 Å². The molecule has 1 unspecified atom stereocenters. The molecular weight excluding hydrogens is 370 g/mol. The first-order valence-electron chi connectivity index (χ1n) is 5.31. The minimum absolute atomic E-state index is 0.259. The summed E-state index contributed by atoms with van der Waals surface area (Å²) in [6.07, 6.45) is 0.947. The molecule has 3 nitrogen and oxygen atoms in total. The average Bonchev–Trinajstić information content (AvgIpc) is 2.29. The number of hydrogen-bond acceptors (Lipinski definition) is 2. The minimum Gasteiger partial charge on any atom is -0.211 e. The van der Waals surface area contributed by atoms with Gasteiger partial charge in [0.1, 0.15) is 0 Å². The first kappa shape index (κ1) is 15.1. The largest absolute Gasteiger partial charge is 0.241 e. The van der Waals surface area contributed by atoms with Crippen molar-refractivity contribution < 1.29 is 8.42 Å². The van der Waals surface area contributed by atoms with Crippen LogP contribution in [0.15, 0.2) is 32.0 Å². The molecule has 0 spiro atoms. The number of sulfonamides is 1. The quantitative estimate of drug-likeness (QED) is 0.843. The third kappa shape index (κ3) is 4.35. The molecule has 0 aliphatic carbocycles. The van der Waals surface area contributed by atoms with E-state index in [1.54, 1.807) is 18.2 Å². The molecule has 0 fully saturated rings. The van der Waals surface area contributed by atoms with Crippen LogP contribution in [0.4, 0.5) is 0 Å². The lowest BCUT2D eigenvalue weighted by Crippen LogP contribution is -2.28. The molecular formula is C11H15Br2NO2S. The highest BCUT2D eigenvalue weighted by Gasteiger charge is 2.18. The van der Waals surface area contributed by atoms with E-state index in [1.165, 1.54) is 0 Å². The lowest BCUT2D eigenvalue weighted by molar-refractivity contribution is 0.528. The highest BCUT2D eigenvalue weighted by Crippen LogP contribution is 2.25. The summed E-state index contributed by atoms with van der Waals surface area (Å²) in [5.74, 6) is 0.329. The van der Waals surface area contributed by atoms with E-state index >= 15 is 0 Å². The van der Waals surface area contributed by atoms with Crippen LogP contribution >= 0.6 is 31.9 Å². The van der Waals surface area contributed by atoms with Crippen molar-refractivity contribution in [1.82, 2.24) is 4.72 Å². The zero-order valence-electron chi connectivity index (χ0n) is 9.70. The van der Waals surface area contributed by atoms with E-state index in [0.29, 0.717) is 16.9 Å². The average molecular weight is 385 g/mol. The Balaban J connectivity index is 2.93. The fourth-order valence-corrected chi connectivity index (χ4v) is 3.82. The highest BCUT2D eigenvalue weighted by atomic mass is 79.9. The molecule has 0 saturated heterocycles. The Hall–Kier alpha value is 0.0900. The van der Waals surface area contributed by atoms with E-state index in [0.717, 1.165) is 10.9 Å². The van der Waals surface area contributed by atoms with Crippen molar-refractivity contribution in [3.63, 3.8) is 0 Å². The number of benzene rings is 1. The second-order valence-electron chi connectivity index (χ2n) is 3.94. The van der Waals surface area contributed by atoms with Crippen LogP contribution in [0.25, 0.3) is 0 Å². The van der Waals surface area contributed by atoms with Crippen molar-refractivity contribution in [2.24, 2.45) is 5.92 Å². The molecule has 1 rings (SSSR count). The maximum Gasteiger partial charge on any atom is 0.241 e. The molecule has 0 saturated carbocycles. The minimum atomic E-state index is -3.45. The summed E-state index contributed by atoms with van der Waals surface area (Å²) in [5.41, 5.74) is 0. The lowest BCUT2D eigenvalue weighted by atomic mass is 10.1. The summed E-state index contributed by atoms with van der Waals surface area (Å²) in [7, 11) is -3.45. The molecule has 1 aromatic rings. The zero-order chi connectivity index (χ0) is 13.1. The number of halogens is 2. The molecule has 1 N–H and O–H groups in total. The SMILES string of the molecule is CCC(C)CNS(=O)(=O)c1cc(Br)ccc1Br. The summed E-state index contributed by atoms with van der Waals surface area (Å²) in [6, 6.07) is 5.09. The Bertz CT molecular complexity index is 488. The van der Waals surface area contributed by atoms with Gasteiger partial charge in [-0.15, -0.1) is 0 Å². The summed E-state index contributed by atoms with van der Waals surface area (Å²) in [4.78, 5) is 0.259. The molecule has 17 heavy (non-hydrogen) atoms. The molecule has 0 radical (unpaired) electrons. The fraction of sp³-hybridized carbons (Fsp3) is 0.455. The molecule has 0 bridgehead atoms. The van der Waals surface area contributed by atoms with Crippen LogP contribution in [0.2, 0.25) is 0 Å². The number of rotatable bonds is 5. The van der Waals surface area contributed by atoms with Crippen molar-refractivity contribution in [2.75, 3.05) is 6.54 Å². The van der Waals surface area contributed by atoms with Crippen molar-refractivity contribution in [3.8, 4) is 0 Å². The monoisotopic (exact) mass is 383 g/mol. The van der Waals surface area contributed by atoms with Crippen LogP contribution in [-0.2, 0) is 10.0 Å². The summed E-state index contributed by atoms with van der Waals surface area (Å²) < 4.78 is 28.1. The van der Waals surface area contributed by atoms with E-state index in [-0.39, 0.29) is 4.90 Å². The van der Waals surface area contributed by atoms with Gasteiger partial charge in [0.05, 0.1) is 4.90 Å². The second-order valence-corrected chi connectivity index (χ2v) is 7.45. The van der Waals surface area contributed by atoms with Gasteiger partial charge in [-0.05, 0) is 40.0 Å². The Morgan fingerprint density at radius 1 is 1.35 bits per heavy atom. The topological polar surface area (TPSA) is 46.2 Å². The Kier molecular flexibility index (Phi) is 5.63. The molecule has 0 amide bonds. The Morgan fingerprint density at radius 2 is 2.00 bits per heavy atom. The maximum absolute atomic E-state index is 12.1. The van der Waals surface area contributed by atoms with Crippen LogP contribution in [0.5, 0.6) is 0 Å². The van der Waals surface area contributed by atoms with Crippen LogP contribution in [0, 0.1) is 5.92 Å². The van der Waals surface area contributed by atoms with Gasteiger partial charge in [0.15, 0.2) is 0 Å². The molecule has 0 aliphatic rings. The number of hydrogen-bond donors (Lipinski definition) is 1. The molecule has 1 atom stereocenters. The van der Waals surface area contributed by atoms with Crippen LogP contribution in [-0.4, -0.2) is 15.0 Å². The van der Waals surface area contributed by atoms with Gasteiger partial charge >= 0.3 is 0 Å². The predicted molar refractivity (Wildman–Crippen MR) is 76.5 cm³/mol. The normalized spacial score (nSPS) is 13.6. The summed E-state index contributed by atoms with van der Waals surface area (Å²) in [6.45, 7) is 4.50. The van der Waals surface area contributed by atoms with E-state index in [2.05, 4.69) is 36.6 Å². The van der Waals surface area contributed by atoms with E-state index < -0.39 is 10.0 Å². The fourth-order valence-electron chi connectivity index (χ4n) is 1.16. The second kappa shape index (κ2) is 6.31. The zero-order valence-corrected chi connectivity index (χ0v) is 13.7. The first-order valence-corrected chi connectivity index (χ1v) is 8.38. The smallest absolute Gasteiger partial charge is 0.211 e. The molecule has 0 heterocycles. The third-order valence-corrected chi connectivity index (χ3v) is 5.41. The van der Waals surface area contributed by atoms with Crippen LogP contribution < -0.4 is 4.72 Å². The van der Waals surface area contributed by atoms with Gasteiger partial charge in [0.25, 0.3) is 0 Å². The van der Waals surface area contributed by atoms with Gasteiger partial charge in [-0.25, -0.2) is 13.1 Å². The van der Waals surface area contributed by atoms with E-state index in [1.807, 2.05) is 13.8 Å². The Morgan fingerprint density at radius 3 is 2.59 bits per heavy atom. The van der Waals surface area contributed by atoms with Gasteiger partial charge in [0, 0.05) is 15.5 Å². The van der Waals surface area contributed by atoms with Gasteiger partial charge in [0.2, 0.25) is 10.0 Å². The van der Waals surface area contributed by atoms with Gasteiger partial charge in [-0.1, -0.05) is 36.2 Å². The van der Waals surface area contributed by atoms with Gasteiger partial charge < -0.3 is 0 Å². The van der Waals surface area contributed by atoms with Crippen molar-refractivity contribution >= 4 is 41.9 Å². The van der Waals surface area contributed by atoms with E-state index in [4.69, 9.17) is 0 Å². The summed E-state index contributed by atoms with van der Waals surface area (Å²) >= 11 is 6.52. The van der Waals surface area contributed by atoms with Crippen LogP contribution in [0.3, 0.4) is 0 Å². The van der Waals surface area contributed by atoms with Crippen LogP contribution in [0.1, 0.15) is 20.3 Å². The predicted octanol–water partition coefficient (Wildman–Crippen LogP) is 3.54.